The summed E-state index contributed by atoms with van der Waals surface area (Å²) in [7, 11) is 0. The highest BCUT2D eigenvalue weighted by molar-refractivity contribution is 6.31. The van der Waals surface area contributed by atoms with Crippen molar-refractivity contribution < 1.29 is 9.59 Å². The van der Waals surface area contributed by atoms with Crippen LogP contribution in [0.4, 0.5) is 4.79 Å². The van der Waals surface area contributed by atoms with E-state index in [0.717, 1.165) is 19.6 Å². The summed E-state index contributed by atoms with van der Waals surface area (Å²) in [6.45, 7) is 8.79. The van der Waals surface area contributed by atoms with Crippen LogP contribution in [0.2, 0.25) is 0 Å². The summed E-state index contributed by atoms with van der Waals surface area (Å²) in [6.07, 6.45) is 0. The van der Waals surface area contributed by atoms with Crippen molar-refractivity contribution in [3.63, 3.8) is 0 Å². The fraction of sp³-hybridized carbons (Fsp3) is 0.800. The molecular formula is C10H20ClN3O2. The van der Waals surface area contributed by atoms with E-state index in [1.165, 1.54) is 6.92 Å². The highest BCUT2D eigenvalue weighted by atomic mass is 35.5. The maximum absolute atomic E-state index is 11.2. The van der Waals surface area contributed by atoms with Crippen molar-refractivity contribution in [1.82, 2.24) is 15.5 Å². The van der Waals surface area contributed by atoms with Gasteiger partial charge in [-0.15, -0.1) is 11.6 Å². The molecule has 0 radical (unpaired) electrons. The number of urea groups is 1. The molecule has 0 rings (SSSR count). The molecule has 6 heteroatoms. The summed E-state index contributed by atoms with van der Waals surface area (Å²) in [6, 6.07) is -0.496. The molecule has 1 unspecified atom stereocenters. The van der Waals surface area contributed by atoms with Gasteiger partial charge in [0.1, 0.15) is 5.38 Å². The number of carbonyl (C=O) groups is 2. The molecule has 0 aromatic carbocycles. The first kappa shape index (κ1) is 15.2. The third kappa shape index (κ3) is 6.63. The fourth-order valence-electron chi connectivity index (χ4n) is 1.12. The molecular weight excluding hydrogens is 230 g/mol. The first-order chi connectivity index (χ1) is 7.51. The zero-order valence-corrected chi connectivity index (χ0v) is 10.8. The molecule has 0 aromatic rings. The Balaban J connectivity index is 3.70. The summed E-state index contributed by atoms with van der Waals surface area (Å²) in [5.41, 5.74) is 0. The quantitative estimate of drug-likeness (QED) is 0.684. The minimum atomic E-state index is -0.700. The molecule has 0 saturated heterocycles. The van der Waals surface area contributed by atoms with Gasteiger partial charge in [-0.05, 0) is 20.0 Å². The lowest BCUT2D eigenvalue weighted by Gasteiger charge is -2.17. The zero-order chi connectivity index (χ0) is 12.6. The number of imide groups is 1. The van der Waals surface area contributed by atoms with Gasteiger partial charge in [0.15, 0.2) is 0 Å². The number of nitrogens with one attached hydrogen (secondary N) is 2. The summed E-state index contributed by atoms with van der Waals surface area (Å²) in [5, 5.41) is 4.05. The van der Waals surface area contributed by atoms with Crippen LogP contribution in [0.25, 0.3) is 0 Å². The number of amides is 3. The molecule has 94 valence electrons. The first-order valence-corrected chi connectivity index (χ1v) is 5.90. The van der Waals surface area contributed by atoms with Crippen LogP contribution >= 0.6 is 11.6 Å². The van der Waals surface area contributed by atoms with E-state index in [1.807, 2.05) is 0 Å². The van der Waals surface area contributed by atoms with E-state index >= 15 is 0 Å². The van der Waals surface area contributed by atoms with Gasteiger partial charge in [-0.2, -0.15) is 0 Å². The number of rotatable bonds is 6. The molecule has 16 heavy (non-hydrogen) atoms. The largest absolute Gasteiger partial charge is 0.337 e. The lowest BCUT2D eigenvalue weighted by atomic mass is 10.4. The second-order valence-electron chi connectivity index (χ2n) is 3.39. The first-order valence-electron chi connectivity index (χ1n) is 5.46. The van der Waals surface area contributed by atoms with Crippen LogP contribution in [0.3, 0.4) is 0 Å². The topological polar surface area (TPSA) is 61.4 Å². The van der Waals surface area contributed by atoms with Gasteiger partial charge in [0.2, 0.25) is 5.91 Å². The Bertz CT molecular complexity index is 230. The van der Waals surface area contributed by atoms with Crippen molar-refractivity contribution in [2.24, 2.45) is 0 Å². The average Bonchev–Trinajstić information content (AvgIpc) is 2.24. The molecule has 0 aliphatic heterocycles. The Morgan fingerprint density at radius 2 is 1.88 bits per heavy atom. The van der Waals surface area contributed by atoms with E-state index in [0.29, 0.717) is 6.54 Å². The molecule has 0 heterocycles. The molecule has 0 bridgehead atoms. The minimum Gasteiger partial charge on any atom is -0.337 e. The van der Waals surface area contributed by atoms with Gasteiger partial charge in [0.05, 0.1) is 0 Å². The lowest BCUT2D eigenvalue weighted by Crippen LogP contribution is -2.44. The molecule has 5 nitrogen and oxygen atoms in total. The van der Waals surface area contributed by atoms with E-state index < -0.39 is 17.3 Å². The van der Waals surface area contributed by atoms with Crippen molar-refractivity contribution in [3.8, 4) is 0 Å². The van der Waals surface area contributed by atoms with Gasteiger partial charge in [-0.1, -0.05) is 13.8 Å². The Morgan fingerprint density at radius 3 is 2.31 bits per heavy atom. The van der Waals surface area contributed by atoms with Crippen LogP contribution in [0.15, 0.2) is 0 Å². The second kappa shape index (κ2) is 8.35. The van der Waals surface area contributed by atoms with Crippen molar-refractivity contribution in [2.75, 3.05) is 26.2 Å². The van der Waals surface area contributed by atoms with Crippen LogP contribution in [-0.4, -0.2) is 48.4 Å². The lowest BCUT2D eigenvalue weighted by molar-refractivity contribution is -0.119. The molecule has 0 fully saturated rings. The Labute approximate surface area is 102 Å². The molecule has 0 saturated carbocycles. The third-order valence-corrected chi connectivity index (χ3v) is 2.40. The average molecular weight is 250 g/mol. The maximum Gasteiger partial charge on any atom is 0.321 e. The molecule has 0 aromatic heterocycles. The van der Waals surface area contributed by atoms with Crippen molar-refractivity contribution in [3.05, 3.63) is 0 Å². The van der Waals surface area contributed by atoms with E-state index in [9.17, 15) is 9.59 Å². The van der Waals surface area contributed by atoms with Crippen LogP contribution in [0.5, 0.6) is 0 Å². The molecule has 2 N–H and O–H groups in total. The van der Waals surface area contributed by atoms with Gasteiger partial charge in [0, 0.05) is 13.1 Å². The number of hydrogen-bond acceptors (Lipinski definition) is 3. The zero-order valence-electron chi connectivity index (χ0n) is 10.0. The van der Waals surface area contributed by atoms with Crippen molar-refractivity contribution in [2.45, 2.75) is 26.1 Å². The smallest absolute Gasteiger partial charge is 0.321 e. The van der Waals surface area contributed by atoms with Crippen molar-refractivity contribution >= 4 is 23.5 Å². The summed E-state index contributed by atoms with van der Waals surface area (Å²) >= 11 is 5.50. The SMILES string of the molecule is CCN(CC)CCNC(=O)NC(=O)C(C)Cl. The summed E-state index contributed by atoms with van der Waals surface area (Å²) in [5.74, 6) is -0.484. The predicted molar refractivity (Wildman–Crippen MR) is 64.6 cm³/mol. The summed E-state index contributed by atoms with van der Waals surface area (Å²) in [4.78, 5) is 24.4. The number of alkyl halides is 1. The number of nitrogens with zero attached hydrogens (tertiary/aromatic N) is 1. The van der Waals surface area contributed by atoms with E-state index in [-0.39, 0.29) is 0 Å². The van der Waals surface area contributed by atoms with Crippen molar-refractivity contribution in [1.29, 1.82) is 0 Å². The van der Waals surface area contributed by atoms with Crippen LogP contribution in [0, 0.1) is 0 Å². The molecule has 3 amide bonds. The minimum absolute atomic E-state index is 0.484. The number of carbonyl (C=O) groups excluding carboxylic acids is 2. The van der Waals surface area contributed by atoms with Crippen LogP contribution < -0.4 is 10.6 Å². The fourth-order valence-corrected chi connectivity index (χ4v) is 1.18. The third-order valence-electron chi connectivity index (χ3n) is 2.21. The molecule has 0 spiro atoms. The Morgan fingerprint density at radius 1 is 1.31 bits per heavy atom. The highest BCUT2D eigenvalue weighted by Crippen LogP contribution is 1.91. The van der Waals surface area contributed by atoms with Gasteiger partial charge in [-0.3, -0.25) is 10.1 Å². The van der Waals surface area contributed by atoms with Crippen LogP contribution in [0.1, 0.15) is 20.8 Å². The van der Waals surface area contributed by atoms with E-state index in [2.05, 4.69) is 29.4 Å². The Hall–Kier alpha value is -0.810. The van der Waals surface area contributed by atoms with Gasteiger partial charge in [-0.25, -0.2) is 4.79 Å². The van der Waals surface area contributed by atoms with E-state index in [1.54, 1.807) is 0 Å². The Kier molecular flexibility index (Phi) is 7.93. The molecule has 0 aliphatic carbocycles. The van der Waals surface area contributed by atoms with E-state index in [4.69, 9.17) is 11.6 Å². The second-order valence-corrected chi connectivity index (χ2v) is 4.04. The number of hydrogen-bond donors (Lipinski definition) is 2. The van der Waals surface area contributed by atoms with Crippen LogP contribution in [-0.2, 0) is 4.79 Å². The number of halogens is 1. The highest BCUT2D eigenvalue weighted by Gasteiger charge is 2.12. The number of likely N-dealkylation sites (N-methyl/N-ethyl adjacent to an activating group) is 1. The molecule has 1 atom stereocenters. The van der Waals surface area contributed by atoms with Gasteiger partial charge in [0.25, 0.3) is 0 Å². The van der Waals surface area contributed by atoms with Gasteiger partial charge >= 0.3 is 6.03 Å². The predicted octanol–water partition coefficient (Wildman–Crippen LogP) is 0.781. The standard InChI is InChI=1S/C10H20ClN3O2/c1-4-14(5-2)7-6-12-10(16)13-9(15)8(3)11/h8H,4-7H2,1-3H3,(H2,12,13,15,16). The summed E-state index contributed by atoms with van der Waals surface area (Å²) < 4.78 is 0. The molecule has 0 aliphatic rings. The monoisotopic (exact) mass is 249 g/mol. The maximum atomic E-state index is 11.2. The normalized spacial score (nSPS) is 12.3. The van der Waals surface area contributed by atoms with Gasteiger partial charge < -0.3 is 10.2 Å².